The van der Waals surface area contributed by atoms with E-state index in [1.165, 1.54) is 70.9 Å². The van der Waals surface area contributed by atoms with Crippen LogP contribution in [0.3, 0.4) is 0 Å². The molecule has 2 heteroatoms. The molecule has 0 N–H and O–H groups in total. The molecule has 0 saturated heterocycles. The molecule has 0 bridgehead atoms. The first-order valence-electron chi connectivity index (χ1n) is 17.2. The van der Waals surface area contributed by atoms with Crippen LogP contribution in [0.5, 0.6) is 0 Å². The minimum atomic E-state index is 1.12. The van der Waals surface area contributed by atoms with Gasteiger partial charge in [-0.25, -0.2) is 0 Å². The van der Waals surface area contributed by atoms with Crippen molar-refractivity contribution < 1.29 is 0 Å². The molecule has 0 fully saturated rings. The van der Waals surface area contributed by atoms with Crippen molar-refractivity contribution in [3.63, 3.8) is 0 Å². The minimum absolute atomic E-state index is 1.12. The molecule has 0 aliphatic carbocycles. The van der Waals surface area contributed by atoms with Crippen LogP contribution in [0.25, 0.3) is 70.9 Å². The fraction of sp³-hybridized carbons (Fsp3) is 0. The lowest BCUT2D eigenvalue weighted by molar-refractivity contribution is 1.18. The first kappa shape index (κ1) is 28.4. The van der Waals surface area contributed by atoms with E-state index in [1.807, 2.05) is 0 Å². The number of anilines is 3. The molecule has 0 unspecified atom stereocenters. The van der Waals surface area contributed by atoms with Gasteiger partial charge in [-0.1, -0.05) is 121 Å². The van der Waals surface area contributed by atoms with Gasteiger partial charge >= 0.3 is 0 Å². The zero-order valence-corrected chi connectivity index (χ0v) is 27.4. The second-order valence-corrected chi connectivity index (χ2v) is 13.0. The van der Waals surface area contributed by atoms with E-state index < -0.39 is 0 Å². The van der Waals surface area contributed by atoms with Crippen molar-refractivity contribution in [2.75, 3.05) is 4.90 Å². The number of aromatic nitrogens is 1. The van der Waals surface area contributed by atoms with E-state index in [0.29, 0.717) is 0 Å². The number of hydrogen-bond donors (Lipinski definition) is 0. The van der Waals surface area contributed by atoms with Crippen molar-refractivity contribution in [3.8, 4) is 16.8 Å². The van der Waals surface area contributed by atoms with Crippen molar-refractivity contribution in [2.45, 2.75) is 0 Å². The molecule has 0 radical (unpaired) electrons. The number of rotatable bonds is 5. The highest BCUT2D eigenvalue weighted by molar-refractivity contribution is 6.27. The molecule has 0 saturated carbocycles. The van der Waals surface area contributed by atoms with Gasteiger partial charge in [0.25, 0.3) is 0 Å². The summed E-state index contributed by atoms with van der Waals surface area (Å²) in [5.74, 6) is 0. The molecule has 0 aliphatic rings. The smallest absolute Gasteiger partial charge is 0.0547 e. The fourth-order valence-electron chi connectivity index (χ4n) is 7.87. The summed E-state index contributed by atoms with van der Waals surface area (Å²) in [4.78, 5) is 2.31. The molecule has 10 aromatic rings. The van der Waals surface area contributed by atoms with Gasteiger partial charge in [0, 0.05) is 33.5 Å². The van der Waals surface area contributed by atoms with Gasteiger partial charge in [-0.3, -0.25) is 0 Å². The first-order valence-corrected chi connectivity index (χ1v) is 17.2. The zero-order chi connectivity index (χ0) is 33.0. The lowest BCUT2D eigenvalue weighted by Gasteiger charge is -2.25. The SMILES string of the molecule is c1ccc(N(c2ccccc2)c2ccc(-c3cc4cc5c(cc4c4c3ccc3ccccc34)c3ccccc3n5-c3ccccc3)cc2)cc1. The molecule has 0 spiro atoms. The van der Waals surface area contributed by atoms with E-state index in [9.17, 15) is 0 Å². The second kappa shape index (κ2) is 11.5. The molecule has 10 rings (SSSR count). The van der Waals surface area contributed by atoms with Crippen molar-refractivity contribution in [1.29, 1.82) is 0 Å². The van der Waals surface area contributed by atoms with Crippen molar-refractivity contribution in [2.24, 2.45) is 0 Å². The summed E-state index contributed by atoms with van der Waals surface area (Å²) in [7, 11) is 0. The summed E-state index contributed by atoms with van der Waals surface area (Å²) < 4.78 is 2.41. The van der Waals surface area contributed by atoms with Crippen LogP contribution in [0.4, 0.5) is 17.1 Å². The average Bonchev–Trinajstić information content (AvgIpc) is 3.51. The van der Waals surface area contributed by atoms with Crippen LogP contribution in [0.2, 0.25) is 0 Å². The third-order valence-corrected chi connectivity index (χ3v) is 10.1. The van der Waals surface area contributed by atoms with E-state index in [2.05, 4.69) is 204 Å². The minimum Gasteiger partial charge on any atom is -0.311 e. The Bertz CT molecular complexity index is 2800. The molecule has 50 heavy (non-hydrogen) atoms. The van der Waals surface area contributed by atoms with Crippen LogP contribution < -0.4 is 4.90 Å². The summed E-state index contributed by atoms with van der Waals surface area (Å²) in [6.45, 7) is 0. The predicted octanol–water partition coefficient (Wildman–Crippen LogP) is 13.4. The number of para-hydroxylation sites is 4. The van der Waals surface area contributed by atoms with E-state index >= 15 is 0 Å². The van der Waals surface area contributed by atoms with Crippen molar-refractivity contribution in [1.82, 2.24) is 4.57 Å². The fourth-order valence-corrected chi connectivity index (χ4v) is 7.87. The Morgan fingerprint density at radius 3 is 1.66 bits per heavy atom. The van der Waals surface area contributed by atoms with Gasteiger partial charge in [-0.2, -0.15) is 0 Å². The Morgan fingerprint density at radius 2 is 0.940 bits per heavy atom. The molecule has 1 heterocycles. The maximum atomic E-state index is 2.44. The van der Waals surface area contributed by atoms with Crippen LogP contribution in [-0.4, -0.2) is 4.57 Å². The Hall–Kier alpha value is -6.64. The zero-order valence-electron chi connectivity index (χ0n) is 27.4. The van der Waals surface area contributed by atoms with E-state index in [0.717, 1.165) is 17.1 Å². The maximum Gasteiger partial charge on any atom is 0.0547 e. The van der Waals surface area contributed by atoms with Crippen LogP contribution in [0, 0.1) is 0 Å². The summed E-state index contributed by atoms with van der Waals surface area (Å²) in [5, 5.41) is 10.1. The Morgan fingerprint density at radius 1 is 0.340 bits per heavy atom. The van der Waals surface area contributed by atoms with Gasteiger partial charge in [-0.15, -0.1) is 0 Å². The van der Waals surface area contributed by atoms with Gasteiger partial charge in [-0.05, 0) is 116 Å². The summed E-state index contributed by atoms with van der Waals surface area (Å²) >= 11 is 0. The molecular formula is C48H32N2. The van der Waals surface area contributed by atoms with Gasteiger partial charge < -0.3 is 9.47 Å². The van der Waals surface area contributed by atoms with Gasteiger partial charge in [0.15, 0.2) is 0 Å². The third kappa shape index (κ3) is 4.50. The van der Waals surface area contributed by atoms with E-state index in [4.69, 9.17) is 0 Å². The number of nitrogens with zero attached hydrogens (tertiary/aromatic N) is 2. The first-order chi connectivity index (χ1) is 24.8. The van der Waals surface area contributed by atoms with E-state index in [-0.39, 0.29) is 0 Å². The Kier molecular flexibility index (Phi) is 6.53. The molecule has 1 aromatic heterocycles. The molecule has 0 aliphatic heterocycles. The molecule has 2 nitrogen and oxygen atoms in total. The summed E-state index contributed by atoms with van der Waals surface area (Å²) in [6.07, 6.45) is 0. The van der Waals surface area contributed by atoms with Gasteiger partial charge in [0.2, 0.25) is 0 Å². The molecule has 234 valence electrons. The van der Waals surface area contributed by atoms with Crippen LogP contribution in [0.1, 0.15) is 0 Å². The second-order valence-electron chi connectivity index (χ2n) is 13.0. The predicted molar refractivity (Wildman–Crippen MR) is 213 cm³/mol. The van der Waals surface area contributed by atoms with Gasteiger partial charge in [0.1, 0.15) is 0 Å². The molecular weight excluding hydrogens is 605 g/mol. The molecule has 9 aromatic carbocycles. The van der Waals surface area contributed by atoms with Crippen LogP contribution in [0.15, 0.2) is 194 Å². The van der Waals surface area contributed by atoms with Gasteiger partial charge in [0.05, 0.1) is 11.0 Å². The number of hydrogen-bond acceptors (Lipinski definition) is 1. The summed E-state index contributed by atoms with van der Waals surface area (Å²) in [5.41, 5.74) is 9.41. The quantitative estimate of drug-likeness (QED) is 0.171. The number of fused-ring (bicyclic) bond motifs is 8. The molecule has 0 atom stereocenters. The van der Waals surface area contributed by atoms with Crippen molar-refractivity contribution >= 4 is 71.2 Å². The normalized spacial score (nSPS) is 11.6. The lowest BCUT2D eigenvalue weighted by Crippen LogP contribution is -2.09. The maximum absolute atomic E-state index is 2.44. The van der Waals surface area contributed by atoms with E-state index in [1.54, 1.807) is 0 Å². The largest absolute Gasteiger partial charge is 0.311 e. The number of benzene rings is 9. The van der Waals surface area contributed by atoms with Crippen LogP contribution in [-0.2, 0) is 0 Å². The third-order valence-electron chi connectivity index (χ3n) is 10.1. The van der Waals surface area contributed by atoms with Crippen LogP contribution >= 0.6 is 0 Å². The monoisotopic (exact) mass is 636 g/mol. The average molecular weight is 637 g/mol. The highest BCUT2D eigenvalue weighted by atomic mass is 15.1. The summed E-state index contributed by atoms with van der Waals surface area (Å²) in [6, 6.07) is 70.4. The Labute approximate surface area is 290 Å². The Balaban J connectivity index is 1.24. The lowest BCUT2D eigenvalue weighted by atomic mass is 9.89. The van der Waals surface area contributed by atoms with Crippen molar-refractivity contribution in [3.05, 3.63) is 194 Å². The highest BCUT2D eigenvalue weighted by Gasteiger charge is 2.18. The topological polar surface area (TPSA) is 8.17 Å². The highest BCUT2D eigenvalue weighted by Crippen LogP contribution is 2.43. The molecule has 0 amide bonds. The standard InChI is InChI=1S/C48H32N2/c1-4-15-36(16-5-1)49(37-17-6-2-7-18-37)39-27-24-34(25-28-39)43-30-35-31-47-45(32-44(35)48-40-21-11-10-14-33(40)26-29-42(43)48)41-22-12-13-23-46(41)50(47)38-19-8-3-9-20-38/h1-32H.